The minimum Gasteiger partial charge on any atom is -0.508 e. The van der Waals surface area contributed by atoms with Crippen LogP contribution in [0.25, 0.3) is 6.08 Å². The van der Waals surface area contributed by atoms with Crippen LogP contribution < -0.4 is 5.32 Å². The zero-order chi connectivity index (χ0) is 18.0. The molecule has 0 bridgehead atoms. The molecule has 0 saturated carbocycles. The number of carboxylic acids is 1. The van der Waals surface area contributed by atoms with Gasteiger partial charge in [-0.25, -0.2) is 9.79 Å². The van der Waals surface area contributed by atoms with Crippen molar-refractivity contribution >= 4 is 40.6 Å². The number of benzene rings is 2. The fourth-order valence-electron chi connectivity index (χ4n) is 2.13. The number of nitrogens with zero attached hydrogens (tertiary/aromatic N) is 1. The number of rotatable bonds is 3. The van der Waals surface area contributed by atoms with Crippen LogP contribution in [0.4, 0.5) is 5.69 Å². The van der Waals surface area contributed by atoms with Gasteiger partial charge in [0, 0.05) is 6.07 Å². The highest BCUT2D eigenvalue weighted by molar-refractivity contribution is 8.18. The molecule has 1 heterocycles. The Morgan fingerprint density at radius 1 is 1.16 bits per heavy atom. The van der Waals surface area contributed by atoms with Crippen LogP contribution in [-0.2, 0) is 4.79 Å². The number of thioether (sulfide) groups is 1. The highest BCUT2D eigenvalue weighted by Crippen LogP contribution is 2.30. The maximum atomic E-state index is 12.0. The molecule has 2 aromatic rings. The molecule has 2 aromatic carbocycles. The molecule has 0 aromatic heterocycles. The number of carboxylic acid groups (broad SMARTS) is 1. The van der Waals surface area contributed by atoms with Gasteiger partial charge in [0.25, 0.3) is 5.91 Å². The summed E-state index contributed by atoms with van der Waals surface area (Å²) in [5, 5.41) is 30.9. The van der Waals surface area contributed by atoms with Gasteiger partial charge in [-0.05, 0) is 47.7 Å². The quantitative estimate of drug-likeness (QED) is 0.628. The van der Waals surface area contributed by atoms with Crippen molar-refractivity contribution in [3.05, 3.63) is 58.5 Å². The lowest BCUT2D eigenvalue weighted by atomic mass is 10.2. The summed E-state index contributed by atoms with van der Waals surface area (Å²) >= 11 is 1.10. The molecular weight excluding hydrogens is 344 g/mol. The predicted octanol–water partition coefficient (Wildman–Crippen LogP) is 2.69. The zero-order valence-corrected chi connectivity index (χ0v) is 13.4. The van der Waals surface area contributed by atoms with Crippen molar-refractivity contribution in [1.82, 2.24) is 5.32 Å². The fraction of sp³-hybridized carbons (Fsp3) is 0. The Bertz CT molecular complexity index is 936. The van der Waals surface area contributed by atoms with Gasteiger partial charge in [0.05, 0.1) is 10.6 Å². The highest BCUT2D eigenvalue weighted by atomic mass is 32.2. The molecule has 1 amide bonds. The minimum atomic E-state index is -1.24. The third-order valence-electron chi connectivity index (χ3n) is 3.26. The number of amides is 1. The first-order valence-electron chi connectivity index (χ1n) is 7.07. The summed E-state index contributed by atoms with van der Waals surface area (Å²) in [6.45, 7) is 0. The Labute approximate surface area is 146 Å². The van der Waals surface area contributed by atoms with Crippen molar-refractivity contribution in [2.45, 2.75) is 0 Å². The second kappa shape index (κ2) is 6.70. The van der Waals surface area contributed by atoms with E-state index in [9.17, 15) is 19.8 Å². The molecule has 0 unspecified atom stereocenters. The zero-order valence-electron chi connectivity index (χ0n) is 12.6. The SMILES string of the molecule is O=C1NC(=Nc2ccc(C(=O)O)c(O)c2)S/C1=C\c1cccc(O)c1. The summed E-state index contributed by atoms with van der Waals surface area (Å²) in [7, 11) is 0. The number of amidine groups is 1. The molecule has 1 saturated heterocycles. The summed E-state index contributed by atoms with van der Waals surface area (Å²) in [4.78, 5) is 27.5. The molecule has 0 radical (unpaired) electrons. The third-order valence-corrected chi connectivity index (χ3v) is 4.17. The topological polar surface area (TPSA) is 119 Å². The van der Waals surface area contributed by atoms with Crippen molar-refractivity contribution in [3.63, 3.8) is 0 Å². The molecule has 3 rings (SSSR count). The Kier molecular flexibility index (Phi) is 4.44. The van der Waals surface area contributed by atoms with Gasteiger partial charge in [-0.1, -0.05) is 12.1 Å². The lowest BCUT2D eigenvalue weighted by Crippen LogP contribution is -2.19. The molecule has 1 aliphatic rings. The van der Waals surface area contributed by atoms with Crippen LogP contribution in [0.2, 0.25) is 0 Å². The van der Waals surface area contributed by atoms with Crippen LogP contribution in [0.15, 0.2) is 52.4 Å². The number of phenolic OH excluding ortho intramolecular Hbond substituents is 1. The number of hydrogen-bond donors (Lipinski definition) is 4. The van der Waals surface area contributed by atoms with Gasteiger partial charge in [0.1, 0.15) is 17.1 Å². The molecule has 25 heavy (non-hydrogen) atoms. The maximum Gasteiger partial charge on any atom is 0.339 e. The molecular formula is C17H12N2O5S. The van der Waals surface area contributed by atoms with Crippen LogP contribution in [0, 0.1) is 0 Å². The van der Waals surface area contributed by atoms with Crippen molar-refractivity contribution in [2.75, 3.05) is 0 Å². The maximum absolute atomic E-state index is 12.0. The fourth-order valence-corrected chi connectivity index (χ4v) is 2.98. The molecule has 1 fully saturated rings. The van der Waals surface area contributed by atoms with Gasteiger partial charge in [-0.15, -0.1) is 0 Å². The van der Waals surface area contributed by atoms with Gasteiger partial charge in [-0.2, -0.15) is 0 Å². The number of phenols is 2. The van der Waals surface area contributed by atoms with Crippen molar-refractivity contribution in [2.24, 2.45) is 4.99 Å². The van der Waals surface area contributed by atoms with E-state index in [0.29, 0.717) is 21.3 Å². The van der Waals surface area contributed by atoms with Crippen molar-refractivity contribution in [1.29, 1.82) is 0 Å². The minimum absolute atomic E-state index is 0.0978. The number of aliphatic imine (C=N–C) groups is 1. The molecule has 126 valence electrons. The van der Waals surface area contributed by atoms with Gasteiger partial charge in [0.15, 0.2) is 5.17 Å². The number of carbonyl (C=O) groups excluding carboxylic acids is 1. The van der Waals surface area contributed by atoms with E-state index in [2.05, 4.69) is 10.3 Å². The van der Waals surface area contributed by atoms with Crippen LogP contribution in [0.1, 0.15) is 15.9 Å². The van der Waals surface area contributed by atoms with E-state index >= 15 is 0 Å². The molecule has 7 nitrogen and oxygen atoms in total. The third kappa shape index (κ3) is 3.81. The first-order valence-corrected chi connectivity index (χ1v) is 7.89. The number of aromatic carboxylic acids is 1. The molecule has 1 aliphatic heterocycles. The number of hydrogen-bond acceptors (Lipinski definition) is 6. The van der Waals surface area contributed by atoms with E-state index in [1.807, 2.05) is 0 Å². The van der Waals surface area contributed by atoms with Crippen LogP contribution >= 0.6 is 11.8 Å². The van der Waals surface area contributed by atoms with Gasteiger partial charge in [-0.3, -0.25) is 4.79 Å². The molecule has 0 aliphatic carbocycles. The summed E-state index contributed by atoms with van der Waals surface area (Å²) in [6.07, 6.45) is 1.62. The van der Waals surface area contributed by atoms with Crippen LogP contribution in [-0.4, -0.2) is 32.4 Å². The Morgan fingerprint density at radius 2 is 1.96 bits per heavy atom. The Balaban J connectivity index is 1.83. The van der Waals surface area contributed by atoms with E-state index in [1.165, 1.54) is 30.3 Å². The normalized spacial score (nSPS) is 17.0. The first kappa shape index (κ1) is 16.6. The van der Waals surface area contributed by atoms with E-state index in [-0.39, 0.29) is 17.2 Å². The summed E-state index contributed by atoms with van der Waals surface area (Å²) in [6, 6.07) is 10.4. The van der Waals surface area contributed by atoms with Gasteiger partial charge in [0.2, 0.25) is 0 Å². The monoisotopic (exact) mass is 356 g/mol. The lowest BCUT2D eigenvalue weighted by Gasteiger charge is -2.01. The largest absolute Gasteiger partial charge is 0.508 e. The predicted molar refractivity (Wildman–Crippen MR) is 94.0 cm³/mol. The number of nitrogens with one attached hydrogen (secondary N) is 1. The molecule has 0 spiro atoms. The number of carbonyl (C=O) groups is 2. The average molecular weight is 356 g/mol. The molecule has 4 N–H and O–H groups in total. The Hall–Kier alpha value is -3.26. The highest BCUT2D eigenvalue weighted by Gasteiger charge is 2.24. The van der Waals surface area contributed by atoms with E-state index in [0.717, 1.165) is 11.8 Å². The second-order valence-corrected chi connectivity index (χ2v) is 6.11. The summed E-state index contributed by atoms with van der Waals surface area (Å²) < 4.78 is 0. The molecule has 0 atom stereocenters. The average Bonchev–Trinajstić information content (AvgIpc) is 2.86. The standard InChI is InChI=1S/C17H12N2O5S/c20-11-3-1-2-9(6-11)7-14-15(22)19-17(25-14)18-10-4-5-12(16(23)24)13(21)8-10/h1-8,20-21H,(H,23,24)(H,18,19,22)/b14-7-. The number of aromatic hydroxyl groups is 2. The van der Waals surface area contributed by atoms with E-state index < -0.39 is 11.7 Å². The summed E-state index contributed by atoms with van der Waals surface area (Å²) in [5.74, 6) is -1.88. The lowest BCUT2D eigenvalue weighted by molar-refractivity contribution is -0.115. The van der Waals surface area contributed by atoms with Crippen molar-refractivity contribution < 1.29 is 24.9 Å². The summed E-state index contributed by atoms with van der Waals surface area (Å²) in [5.41, 5.74) is 0.753. The molecule has 8 heteroatoms. The van der Waals surface area contributed by atoms with Crippen molar-refractivity contribution in [3.8, 4) is 11.5 Å². The van der Waals surface area contributed by atoms with E-state index in [4.69, 9.17) is 5.11 Å². The second-order valence-electron chi connectivity index (χ2n) is 5.08. The van der Waals surface area contributed by atoms with Crippen LogP contribution in [0.3, 0.4) is 0 Å². The Morgan fingerprint density at radius 3 is 2.64 bits per heavy atom. The van der Waals surface area contributed by atoms with Gasteiger partial charge >= 0.3 is 5.97 Å². The van der Waals surface area contributed by atoms with Gasteiger partial charge < -0.3 is 20.6 Å². The first-order chi connectivity index (χ1) is 11.9. The van der Waals surface area contributed by atoms with Crippen LogP contribution in [0.5, 0.6) is 11.5 Å². The smallest absolute Gasteiger partial charge is 0.339 e. The van der Waals surface area contributed by atoms with E-state index in [1.54, 1.807) is 18.2 Å².